The Morgan fingerprint density at radius 2 is 1.50 bits per heavy atom. The van der Waals surface area contributed by atoms with Crippen molar-refractivity contribution in [2.45, 2.75) is 26.7 Å². The van der Waals surface area contributed by atoms with E-state index in [9.17, 15) is 0 Å². The quantitative estimate of drug-likeness (QED) is 0.699. The Hall–Kier alpha value is -1.63. The van der Waals surface area contributed by atoms with Gasteiger partial charge in [0.05, 0.1) is 0 Å². The van der Waals surface area contributed by atoms with E-state index >= 15 is 0 Å². The first-order chi connectivity index (χ1) is 7.70. The second-order valence-electron chi connectivity index (χ2n) is 4.17. The smallest absolute Gasteiger partial charge is 0.106 e. The molecule has 0 atom stereocenters. The summed E-state index contributed by atoms with van der Waals surface area (Å²) in [6.45, 7) is 8.67. The Kier molecular flexibility index (Phi) is 4.24. The zero-order chi connectivity index (χ0) is 12.1. The van der Waals surface area contributed by atoms with Gasteiger partial charge in [-0.3, -0.25) is 0 Å². The van der Waals surface area contributed by atoms with Crippen LogP contribution in [0.4, 0.5) is 0 Å². The van der Waals surface area contributed by atoms with Crippen LogP contribution in [-0.4, -0.2) is 6.79 Å². The van der Waals surface area contributed by atoms with E-state index in [4.69, 9.17) is 4.79 Å². The van der Waals surface area contributed by atoms with E-state index in [1.807, 2.05) is 6.79 Å². The van der Waals surface area contributed by atoms with Gasteiger partial charge in [-0.2, -0.15) is 0 Å². The number of aryl methyl sites for hydroxylation is 1. The minimum atomic E-state index is 0.598. The minimum Gasteiger partial charge on any atom is -0.307 e. The van der Waals surface area contributed by atoms with E-state index in [1.165, 1.54) is 21.9 Å². The lowest BCUT2D eigenvalue weighted by atomic mass is 9.94. The van der Waals surface area contributed by atoms with Gasteiger partial charge in [-0.25, -0.2) is 0 Å². The molecular weight excluding hydrogens is 196 g/mol. The predicted molar refractivity (Wildman–Crippen MR) is 69.9 cm³/mol. The minimum absolute atomic E-state index is 0.598. The molecule has 0 bridgehead atoms. The topological polar surface area (TPSA) is 17.1 Å². The standard InChI is InChI=1S/C14H16.CH2O/c1-10(2)12-9-8-11(3)13-6-4-5-7-14(12)13;1-2/h4-10H,1-3H3;1H2. The van der Waals surface area contributed by atoms with Gasteiger partial charge >= 0.3 is 0 Å². The van der Waals surface area contributed by atoms with Crippen LogP contribution in [0.15, 0.2) is 36.4 Å². The highest BCUT2D eigenvalue weighted by Gasteiger charge is 2.05. The summed E-state index contributed by atoms with van der Waals surface area (Å²) >= 11 is 0. The maximum absolute atomic E-state index is 8.00. The molecule has 16 heavy (non-hydrogen) atoms. The fourth-order valence-electron chi connectivity index (χ4n) is 1.98. The summed E-state index contributed by atoms with van der Waals surface area (Å²) in [6, 6.07) is 13.1. The molecule has 0 heterocycles. The first-order valence-corrected chi connectivity index (χ1v) is 5.47. The molecule has 1 heteroatoms. The molecule has 2 aromatic rings. The van der Waals surface area contributed by atoms with Crippen molar-refractivity contribution in [1.82, 2.24) is 0 Å². The zero-order valence-electron chi connectivity index (χ0n) is 10.2. The Morgan fingerprint density at radius 1 is 0.938 bits per heavy atom. The van der Waals surface area contributed by atoms with Crippen molar-refractivity contribution in [2.75, 3.05) is 0 Å². The van der Waals surface area contributed by atoms with Crippen LogP contribution in [0.5, 0.6) is 0 Å². The second kappa shape index (κ2) is 5.45. The van der Waals surface area contributed by atoms with E-state index in [-0.39, 0.29) is 0 Å². The van der Waals surface area contributed by atoms with Crippen LogP contribution < -0.4 is 0 Å². The van der Waals surface area contributed by atoms with Crippen LogP contribution in [0.1, 0.15) is 30.9 Å². The third-order valence-corrected chi connectivity index (χ3v) is 2.80. The van der Waals surface area contributed by atoms with Crippen LogP contribution in [0, 0.1) is 6.92 Å². The number of hydrogen-bond donors (Lipinski definition) is 0. The van der Waals surface area contributed by atoms with Crippen LogP contribution in [0.25, 0.3) is 10.8 Å². The molecular formula is C15H18O. The lowest BCUT2D eigenvalue weighted by Gasteiger charge is -2.11. The van der Waals surface area contributed by atoms with Crippen LogP contribution >= 0.6 is 0 Å². The maximum Gasteiger partial charge on any atom is 0.106 e. The highest BCUT2D eigenvalue weighted by molar-refractivity contribution is 5.88. The Balaban J connectivity index is 0.000000606. The monoisotopic (exact) mass is 214 g/mol. The molecule has 2 rings (SSSR count). The largest absolute Gasteiger partial charge is 0.307 e. The maximum atomic E-state index is 8.00. The van der Waals surface area contributed by atoms with Gasteiger partial charge in [0.1, 0.15) is 6.79 Å². The fourth-order valence-corrected chi connectivity index (χ4v) is 1.98. The first kappa shape index (κ1) is 12.4. The van der Waals surface area contributed by atoms with Gasteiger partial charge in [-0.15, -0.1) is 0 Å². The molecule has 0 fully saturated rings. The Bertz CT molecular complexity index is 472. The number of benzene rings is 2. The van der Waals surface area contributed by atoms with Crippen molar-refractivity contribution >= 4 is 17.6 Å². The molecule has 0 radical (unpaired) electrons. The highest BCUT2D eigenvalue weighted by atomic mass is 16.1. The summed E-state index contributed by atoms with van der Waals surface area (Å²) in [5, 5.41) is 2.79. The Morgan fingerprint density at radius 3 is 2.06 bits per heavy atom. The van der Waals surface area contributed by atoms with Crippen molar-refractivity contribution < 1.29 is 4.79 Å². The van der Waals surface area contributed by atoms with Crippen molar-refractivity contribution in [3.05, 3.63) is 47.5 Å². The third kappa shape index (κ3) is 2.30. The van der Waals surface area contributed by atoms with Crippen molar-refractivity contribution in [3.8, 4) is 0 Å². The van der Waals surface area contributed by atoms with E-state index in [1.54, 1.807) is 0 Å². The number of carbonyl (C=O) groups is 1. The van der Waals surface area contributed by atoms with Crippen LogP contribution in [-0.2, 0) is 4.79 Å². The number of fused-ring (bicyclic) bond motifs is 1. The summed E-state index contributed by atoms with van der Waals surface area (Å²) in [4.78, 5) is 8.00. The molecule has 1 nitrogen and oxygen atoms in total. The molecule has 0 aliphatic heterocycles. The second-order valence-corrected chi connectivity index (χ2v) is 4.17. The van der Waals surface area contributed by atoms with Gasteiger partial charge in [0.2, 0.25) is 0 Å². The summed E-state index contributed by atoms with van der Waals surface area (Å²) in [5.74, 6) is 0.598. The molecule has 0 spiro atoms. The number of carbonyl (C=O) groups excluding carboxylic acids is 1. The molecule has 0 N–H and O–H groups in total. The SMILES string of the molecule is C=O.Cc1ccc(C(C)C)c2ccccc12. The summed E-state index contributed by atoms with van der Waals surface area (Å²) in [5.41, 5.74) is 2.82. The van der Waals surface area contributed by atoms with E-state index in [0.29, 0.717) is 5.92 Å². The van der Waals surface area contributed by atoms with Gasteiger partial charge in [-0.1, -0.05) is 50.2 Å². The van der Waals surface area contributed by atoms with Crippen LogP contribution in [0.2, 0.25) is 0 Å². The molecule has 84 valence electrons. The van der Waals surface area contributed by atoms with Crippen LogP contribution in [0.3, 0.4) is 0 Å². The molecule has 0 saturated heterocycles. The predicted octanol–water partition coefficient (Wildman–Crippen LogP) is 4.09. The third-order valence-electron chi connectivity index (χ3n) is 2.80. The Labute approximate surface area is 97.1 Å². The average Bonchev–Trinajstić information content (AvgIpc) is 2.32. The molecule has 0 aromatic heterocycles. The van der Waals surface area contributed by atoms with Gasteiger partial charge in [0, 0.05) is 0 Å². The average molecular weight is 214 g/mol. The molecule has 0 amide bonds. The lowest BCUT2D eigenvalue weighted by Crippen LogP contribution is -1.90. The van der Waals surface area contributed by atoms with Crippen molar-refractivity contribution in [3.63, 3.8) is 0 Å². The zero-order valence-corrected chi connectivity index (χ0v) is 10.2. The fraction of sp³-hybridized carbons (Fsp3) is 0.267. The normalized spacial score (nSPS) is 10.0. The number of hydrogen-bond acceptors (Lipinski definition) is 1. The summed E-state index contributed by atoms with van der Waals surface area (Å²) in [7, 11) is 0. The highest BCUT2D eigenvalue weighted by Crippen LogP contribution is 2.27. The molecule has 0 unspecified atom stereocenters. The van der Waals surface area contributed by atoms with E-state index in [2.05, 4.69) is 57.2 Å². The van der Waals surface area contributed by atoms with E-state index in [0.717, 1.165) is 0 Å². The molecule has 2 aromatic carbocycles. The van der Waals surface area contributed by atoms with Gasteiger partial charge in [0.25, 0.3) is 0 Å². The van der Waals surface area contributed by atoms with Crippen molar-refractivity contribution in [1.29, 1.82) is 0 Å². The number of rotatable bonds is 1. The summed E-state index contributed by atoms with van der Waals surface area (Å²) in [6.07, 6.45) is 0. The van der Waals surface area contributed by atoms with Gasteiger partial charge in [0.15, 0.2) is 0 Å². The molecule has 0 saturated carbocycles. The summed E-state index contributed by atoms with van der Waals surface area (Å²) < 4.78 is 0. The lowest BCUT2D eigenvalue weighted by molar-refractivity contribution is -0.0979. The first-order valence-electron chi connectivity index (χ1n) is 5.47. The molecule has 0 aliphatic rings. The van der Waals surface area contributed by atoms with Crippen molar-refractivity contribution in [2.24, 2.45) is 0 Å². The van der Waals surface area contributed by atoms with Gasteiger partial charge < -0.3 is 4.79 Å². The van der Waals surface area contributed by atoms with Gasteiger partial charge in [-0.05, 0) is 34.7 Å². The molecule has 0 aliphatic carbocycles. The van der Waals surface area contributed by atoms with E-state index < -0.39 is 0 Å².